The van der Waals surface area contributed by atoms with Crippen molar-refractivity contribution in [3.05, 3.63) is 79.3 Å². The third-order valence-corrected chi connectivity index (χ3v) is 6.29. The van der Waals surface area contributed by atoms with E-state index >= 15 is 0 Å². The van der Waals surface area contributed by atoms with Crippen LogP contribution in [-0.2, 0) is 4.79 Å². The summed E-state index contributed by atoms with van der Waals surface area (Å²) in [7, 11) is 7.50. The molecule has 1 amide bonds. The van der Waals surface area contributed by atoms with Gasteiger partial charge in [-0.05, 0) is 50.9 Å². The van der Waals surface area contributed by atoms with Crippen LogP contribution in [0.25, 0.3) is 11.1 Å². The molecule has 0 fully saturated rings. The van der Waals surface area contributed by atoms with Crippen molar-refractivity contribution in [2.24, 2.45) is 0 Å². The molecule has 3 N–H and O–H groups in total. The SMILES string of the molecule is C=CC(=O)Nc1cc(Nc2ncc(-c3ccc(F)cc3)c(Nc3cnc(C)nc3)n2)c(OC)cc1N(C)CCN(C)C. The van der Waals surface area contributed by atoms with Crippen molar-refractivity contribution in [2.45, 2.75) is 6.92 Å². The second-order valence-electron chi connectivity index (χ2n) is 9.72. The minimum atomic E-state index is -0.347. The van der Waals surface area contributed by atoms with Gasteiger partial charge in [-0.2, -0.15) is 4.98 Å². The van der Waals surface area contributed by atoms with Crippen LogP contribution in [0.5, 0.6) is 5.75 Å². The molecular weight excluding hydrogens is 537 g/mol. The number of likely N-dealkylation sites (N-methyl/N-ethyl adjacent to an activating group) is 2. The van der Waals surface area contributed by atoms with Crippen LogP contribution in [0.4, 0.5) is 38.9 Å². The van der Waals surface area contributed by atoms with Gasteiger partial charge in [0.25, 0.3) is 0 Å². The molecule has 0 bridgehead atoms. The van der Waals surface area contributed by atoms with Crippen molar-refractivity contribution in [1.29, 1.82) is 0 Å². The number of halogens is 1. The topological polar surface area (TPSA) is 120 Å². The smallest absolute Gasteiger partial charge is 0.247 e. The summed E-state index contributed by atoms with van der Waals surface area (Å²) in [4.78, 5) is 34.1. The van der Waals surface area contributed by atoms with Gasteiger partial charge in [-0.1, -0.05) is 18.7 Å². The van der Waals surface area contributed by atoms with Crippen molar-refractivity contribution in [3.8, 4) is 16.9 Å². The van der Waals surface area contributed by atoms with E-state index in [9.17, 15) is 9.18 Å². The molecule has 0 saturated carbocycles. The molecule has 0 spiro atoms. The van der Waals surface area contributed by atoms with Crippen LogP contribution < -0.4 is 25.6 Å². The number of benzene rings is 2. The zero-order chi connectivity index (χ0) is 30.2. The van der Waals surface area contributed by atoms with Crippen LogP contribution in [0.15, 0.2) is 67.6 Å². The second kappa shape index (κ2) is 13.5. The fourth-order valence-electron chi connectivity index (χ4n) is 4.00. The van der Waals surface area contributed by atoms with E-state index in [1.54, 1.807) is 50.8 Å². The highest BCUT2D eigenvalue weighted by atomic mass is 19.1. The minimum Gasteiger partial charge on any atom is -0.494 e. The molecule has 0 aliphatic heterocycles. The maximum Gasteiger partial charge on any atom is 0.247 e. The van der Waals surface area contributed by atoms with E-state index in [1.165, 1.54) is 18.2 Å². The quantitative estimate of drug-likeness (QED) is 0.200. The predicted molar refractivity (Wildman–Crippen MR) is 164 cm³/mol. The van der Waals surface area contributed by atoms with Crippen LogP contribution in [0.3, 0.4) is 0 Å². The van der Waals surface area contributed by atoms with Crippen LogP contribution in [0.2, 0.25) is 0 Å². The highest BCUT2D eigenvalue weighted by molar-refractivity contribution is 6.02. The van der Waals surface area contributed by atoms with Crippen LogP contribution in [-0.4, -0.2) is 72.1 Å². The summed E-state index contributed by atoms with van der Waals surface area (Å²) in [6.07, 6.45) is 6.14. The standard InChI is InChI=1S/C30H34FN9O2/c1-7-28(41)36-24-14-25(27(42-6)15-26(24)40(5)13-12-39(3)4)37-30-34-18-23(20-8-10-21(31)11-9-20)29(38-30)35-22-16-32-19(2)33-17-22/h7-11,14-18H,1,12-13H2,2-6H3,(H,36,41)(H2,34,35,37,38). The third-order valence-electron chi connectivity index (χ3n) is 6.29. The Bertz CT molecular complexity index is 1540. The zero-order valence-corrected chi connectivity index (χ0v) is 24.3. The number of ether oxygens (including phenoxy) is 1. The lowest BCUT2D eigenvalue weighted by atomic mass is 10.1. The molecule has 0 unspecified atom stereocenters. The van der Waals surface area contributed by atoms with E-state index in [2.05, 4.69) is 42.4 Å². The molecule has 0 aliphatic carbocycles. The van der Waals surface area contributed by atoms with E-state index in [1.807, 2.05) is 32.1 Å². The lowest BCUT2D eigenvalue weighted by molar-refractivity contribution is -0.111. The van der Waals surface area contributed by atoms with Gasteiger partial charge >= 0.3 is 0 Å². The number of carbonyl (C=O) groups is 1. The summed E-state index contributed by atoms with van der Waals surface area (Å²) in [6.45, 7) is 6.89. The summed E-state index contributed by atoms with van der Waals surface area (Å²) in [5.41, 5.74) is 3.83. The molecular formula is C30H34FN9O2. The van der Waals surface area contributed by atoms with E-state index in [4.69, 9.17) is 9.72 Å². The largest absolute Gasteiger partial charge is 0.494 e. The second-order valence-corrected chi connectivity index (χ2v) is 9.72. The van der Waals surface area contributed by atoms with Gasteiger partial charge in [0.05, 0.1) is 42.3 Å². The van der Waals surface area contributed by atoms with Gasteiger partial charge in [0.2, 0.25) is 11.9 Å². The summed E-state index contributed by atoms with van der Waals surface area (Å²) in [6, 6.07) is 9.66. The van der Waals surface area contributed by atoms with E-state index in [0.717, 1.165) is 17.8 Å². The summed E-state index contributed by atoms with van der Waals surface area (Å²) < 4.78 is 19.3. The van der Waals surface area contributed by atoms with Gasteiger partial charge < -0.3 is 30.5 Å². The number of carbonyl (C=O) groups excluding carboxylic acids is 1. The van der Waals surface area contributed by atoms with Crippen LogP contribution in [0.1, 0.15) is 5.82 Å². The Morgan fingerprint density at radius 2 is 1.71 bits per heavy atom. The molecule has 2 heterocycles. The number of aromatic nitrogens is 4. The normalized spacial score (nSPS) is 10.7. The Labute approximate surface area is 244 Å². The lowest BCUT2D eigenvalue weighted by Crippen LogP contribution is -2.29. The summed E-state index contributed by atoms with van der Waals surface area (Å²) in [5, 5.41) is 9.34. The number of nitrogens with one attached hydrogen (secondary N) is 3. The molecule has 11 nitrogen and oxygen atoms in total. The molecule has 0 atom stereocenters. The fraction of sp³-hybridized carbons (Fsp3) is 0.233. The van der Waals surface area contributed by atoms with Crippen molar-refractivity contribution in [1.82, 2.24) is 24.8 Å². The maximum absolute atomic E-state index is 13.6. The fourth-order valence-corrected chi connectivity index (χ4v) is 4.00. The van der Waals surface area contributed by atoms with Gasteiger partial charge in [-0.25, -0.2) is 19.3 Å². The first-order valence-electron chi connectivity index (χ1n) is 13.1. The first-order valence-corrected chi connectivity index (χ1v) is 13.1. The van der Waals surface area contributed by atoms with Gasteiger partial charge in [-0.3, -0.25) is 4.79 Å². The van der Waals surface area contributed by atoms with Gasteiger partial charge in [0.15, 0.2) is 0 Å². The van der Waals surface area contributed by atoms with Gasteiger partial charge in [0.1, 0.15) is 23.2 Å². The molecule has 0 saturated heterocycles. The van der Waals surface area contributed by atoms with Crippen molar-refractivity contribution in [3.63, 3.8) is 0 Å². The average Bonchev–Trinajstić information content (AvgIpc) is 2.98. The lowest BCUT2D eigenvalue weighted by Gasteiger charge is -2.26. The average molecular weight is 572 g/mol. The van der Waals surface area contributed by atoms with Gasteiger partial charge in [0, 0.05) is 38.0 Å². The van der Waals surface area contributed by atoms with Crippen molar-refractivity contribution in [2.75, 3.05) is 62.2 Å². The van der Waals surface area contributed by atoms with E-state index in [-0.39, 0.29) is 17.7 Å². The number of hydrogen-bond donors (Lipinski definition) is 3. The number of methoxy groups -OCH3 is 1. The number of nitrogens with zero attached hydrogens (tertiary/aromatic N) is 6. The molecule has 2 aromatic carbocycles. The number of anilines is 6. The minimum absolute atomic E-state index is 0.254. The highest BCUT2D eigenvalue weighted by Crippen LogP contribution is 2.38. The number of amides is 1. The van der Waals surface area contributed by atoms with Crippen molar-refractivity contribution < 1.29 is 13.9 Å². The molecule has 0 aliphatic rings. The number of rotatable bonds is 12. The first-order chi connectivity index (χ1) is 20.2. The summed E-state index contributed by atoms with van der Waals surface area (Å²) in [5.74, 6) is 1.16. The van der Waals surface area contributed by atoms with Crippen LogP contribution >= 0.6 is 0 Å². The maximum atomic E-state index is 13.6. The number of aryl methyl sites for hydroxylation is 1. The number of hydrogen-bond acceptors (Lipinski definition) is 10. The Morgan fingerprint density at radius 3 is 2.36 bits per heavy atom. The van der Waals surface area contributed by atoms with E-state index in [0.29, 0.717) is 46.6 Å². The van der Waals surface area contributed by atoms with Crippen molar-refractivity contribution >= 4 is 40.4 Å². The van der Waals surface area contributed by atoms with Crippen LogP contribution in [0, 0.1) is 12.7 Å². The molecule has 0 radical (unpaired) electrons. The monoisotopic (exact) mass is 571 g/mol. The zero-order valence-electron chi connectivity index (χ0n) is 24.3. The first kappa shape index (κ1) is 29.9. The molecule has 4 rings (SSSR count). The highest BCUT2D eigenvalue weighted by Gasteiger charge is 2.18. The Hall–Kier alpha value is -5.10. The molecule has 2 aromatic heterocycles. The molecule has 12 heteroatoms. The summed E-state index contributed by atoms with van der Waals surface area (Å²) >= 11 is 0. The Balaban J connectivity index is 1.74. The Morgan fingerprint density at radius 1 is 1.00 bits per heavy atom. The van der Waals surface area contributed by atoms with E-state index < -0.39 is 0 Å². The molecule has 4 aromatic rings. The molecule has 42 heavy (non-hydrogen) atoms. The Kier molecular flexibility index (Phi) is 9.61. The third kappa shape index (κ3) is 7.55. The van der Waals surface area contributed by atoms with Gasteiger partial charge in [-0.15, -0.1) is 0 Å². The molecule has 218 valence electrons. The predicted octanol–water partition coefficient (Wildman–Crippen LogP) is 5.00.